The largest absolute Gasteiger partial charge is 0.444 e. The molecule has 0 aromatic heterocycles. The Kier molecular flexibility index (Phi) is 5.40. The van der Waals surface area contributed by atoms with Crippen molar-refractivity contribution in [3.05, 3.63) is 0 Å². The van der Waals surface area contributed by atoms with Gasteiger partial charge in [-0.3, -0.25) is 4.90 Å². The fourth-order valence-corrected chi connectivity index (χ4v) is 2.28. The molecule has 1 heterocycles. The third-order valence-corrected chi connectivity index (χ3v) is 3.21. The van der Waals surface area contributed by atoms with Gasteiger partial charge in [-0.2, -0.15) is 0 Å². The highest BCUT2D eigenvalue weighted by atomic mass is 16.6. The van der Waals surface area contributed by atoms with Crippen LogP contribution in [0.1, 0.15) is 47.5 Å². The van der Waals surface area contributed by atoms with Crippen molar-refractivity contribution in [3.8, 4) is 0 Å². The van der Waals surface area contributed by atoms with Gasteiger partial charge in [-0.05, 0) is 47.5 Å². The van der Waals surface area contributed by atoms with Crippen molar-refractivity contribution in [1.29, 1.82) is 0 Å². The maximum absolute atomic E-state index is 12.3. The van der Waals surface area contributed by atoms with E-state index in [1.807, 2.05) is 0 Å². The molecule has 6 heteroatoms. The van der Waals surface area contributed by atoms with E-state index in [1.54, 1.807) is 34.6 Å². The molecule has 6 nitrogen and oxygen atoms in total. The lowest BCUT2D eigenvalue weighted by Crippen LogP contribution is -2.53. The van der Waals surface area contributed by atoms with Crippen molar-refractivity contribution in [1.82, 2.24) is 4.90 Å². The molecule has 1 unspecified atom stereocenters. The van der Waals surface area contributed by atoms with Gasteiger partial charge in [0.15, 0.2) is 0 Å². The van der Waals surface area contributed by atoms with Gasteiger partial charge in [0.25, 0.3) is 0 Å². The first-order valence-corrected chi connectivity index (χ1v) is 7.03. The summed E-state index contributed by atoms with van der Waals surface area (Å²) < 4.78 is 11.0. The lowest BCUT2D eigenvalue weighted by molar-refractivity contribution is -0.0682. The Morgan fingerprint density at radius 3 is 2.60 bits per heavy atom. The molecule has 1 saturated heterocycles. The number of aliphatic hydroxyl groups is 2. The SMILES string of the molecule is CC(C)(C)OC(=O)N1[C@H](C(O)CCCO)COC1(C)C. The van der Waals surface area contributed by atoms with E-state index in [4.69, 9.17) is 14.6 Å². The maximum atomic E-state index is 12.3. The minimum Gasteiger partial charge on any atom is -0.444 e. The lowest BCUT2D eigenvalue weighted by atomic mass is 10.1. The molecule has 1 fully saturated rings. The number of hydrogen-bond acceptors (Lipinski definition) is 5. The molecule has 20 heavy (non-hydrogen) atoms. The molecule has 0 aliphatic carbocycles. The lowest BCUT2D eigenvalue weighted by Gasteiger charge is -2.36. The van der Waals surface area contributed by atoms with E-state index in [0.29, 0.717) is 12.8 Å². The Balaban J connectivity index is 2.82. The van der Waals surface area contributed by atoms with Gasteiger partial charge in [-0.15, -0.1) is 0 Å². The molecule has 0 spiro atoms. The number of nitrogens with zero attached hydrogens (tertiary/aromatic N) is 1. The highest BCUT2D eigenvalue weighted by molar-refractivity contribution is 5.69. The molecule has 118 valence electrons. The molecule has 0 aromatic carbocycles. The number of hydrogen-bond donors (Lipinski definition) is 2. The number of rotatable bonds is 4. The van der Waals surface area contributed by atoms with Gasteiger partial charge >= 0.3 is 6.09 Å². The summed E-state index contributed by atoms with van der Waals surface area (Å²) in [6, 6.07) is -0.452. The first-order valence-electron chi connectivity index (χ1n) is 7.03. The molecule has 2 atom stereocenters. The predicted molar refractivity (Wildman–Crippen MR) is 74.2 cm³/mol. The molecular formula is C14H27NO5. The van der Waals surface area contributed by atoms with Gasteiger partial charge < -0.3 is 19.7 Å². The van der Waals surface area contributed by atoms with Crippen LogP contribution in [0.15, 0.2) is 0 Å². The van der Waals surface area contributed by atoms with Crippen LogP contribution >= 0.6 is 0 Å². The Hall–Kier alpha value is -0.850. The monoisotopic (exact) mass is 289 g/mol. The van der Waals surface area contributed by atoms with Crippen LogP contribution in [0.5, 0.6) is 0 Å². The zero-order chi connectivity index (χ0) is 15.6. The van der Waals surface area contributed by atoms with Crippen LogP contribution < -0.4 is 0 Å². The summed E-state index contributed by atoms with van der Waals surface area (Å²) in [6.07, 6.45) is -0.329. The number of carbonyl (C=O) groups is 1. The molecule has 1 aliphatic heterocycles. The summed E-state index contributed by atoms with van der Waals surface area (Å²) in [4.78, 5) is 13.8. The Morgan fingerprint density at radius 1 is 1.50 bits per heavy atom. The Morgan fingerprint density at radius 2 is 2.10 bits per heavy atom. The van der Waals surface area contributed by atoms with Crippen molar-refractivity contribution >= 4 is 6.09 Å². The number of aliphatic hydroxyl groups excluding tert-OH is 2. The number of amides is 1. The highest BCUT2D eigenvalue weighted by Gasteiger charge is 2.48. The van der Waals surface area contributed by atoms with Crippen molar-refractivity contribution < 1.29 is 24.5 Å². The minimum absolute atomic E-state index is 0.0144. The van der Waals surface area contributed by atoms with Crippen molar-refractivity contribution in [2.24, 2.45) is 0 Å². The second-order valence-electron chi connectivity index (χ2n) is 6.61. The zero-order valence-corrected chi connectivity index (χ0v) is 13.0. The fraction of sp³-hybridized carbons (Fsp3) is 0.929. The zero-order valence-electron chi connectivity index (χ0n) is 13.0. The molecule has 0 bridgehead atoms. The molecule has 0 saturated carbocycles. The van der Waals surface area contributed by atoms with E-state index in [9.17, 15) is 9.90 Å². The molecular weight excluding hydrogens is 262 g/mol. The maximum Gasteiger partial charge on any atom is 0.412 e. The van der Waals surface area contributed by atoms with Gasteiger partial charge in [0, 0.05) is 6.61 Å². The summed E-state index contributed by atoms with van der Waals surface area (Å²) in [7, 11) is 0. The number of carbonyl (C=O) groups excluding carboxylic acids is 1. The van der Waals surface area contributed by atoms with Gasteiger partial charge in [-0.1, -0.05) is 0 Å². The quantitative estimate of drug-likeness (QED) is 0.819. The normalized spacial score (nSPS) is 23.8. The standard InChI is InChI=1S/C14H27NO5/c1-13(2,3)20-12(18)15-10(9-19-14(15,4)5)11(17)7-6-8-16/h10-11,16-17H,6-9H2,1-5H3/t10-,11?/m0/s1. The van der Waals surface area contributed by atoms with Gasteiger partial charge in [-0.25, -0.2) is 4.79 Å². The van der Waals surface area contributed by atoms with E-state index >= 15 is 0 Å². The second kappa shape index (κ2) is 6.28. The van der Waals surface area contributed by atoms with Crippen molar-refractivity contribution in [2.75, 3.05) is 13.2 Å². The van der Waals surface area contributed by atoms with E-state index in [1.165, 1.54) is 4.90 Å². The fourth-order valence-electron chi connectivity index (χ4n) is 2.28. The van der Waals surface area contributed by atoms with E-state index in [0.717, 1.165) is 0 Å². The first-order chi connectivity index (χ1) is 9.08. The number of ether oxygens (including phenoxy) is 2. The molecule has 0 radical (unpaired) electrons. The minimum atomic E-state index is -0.812. The molecule has 1 rings (SSSR count). The first kappa shape index (κ1) is 17.2. The molecule has 1 amide bonds. The van der Waals surface area contributed by atoms with Crippen LogP contribution in [0, 0.1) is 0 Å². The summed E-state index contributed by atoms with van der Waals surface area (Å²) in [5, 5.41) is 19.0. The summed E-state index contributed by atoms with van der Waals surface area (Å²) in [5.41, 5.74) is -1.41. The van der Waals surface area contributed by atoms with Crippen LogP contribution in [0.4, 0.5) is 4.79 Å². The van der Waals surface area contributed by atoms with Gasteiger partial charge in [0.05, 0.1) is 18.8 Å². The Bertz CT molecular complexity index is 337. The average molecular weight is 289 g/mol. The Labute approximate surface area is 120 Å². The third-order valence-electron chi connectivity index (χ3n) is 3.21. The van der Waals surface area contributed by atoms with Crippen molar-refractivity contribution in [3.63, 3.8) is 0 Å². The summed E-state index contributed by atoms with van der Waals surface area (Å²) in [6.45, 7) is 9.22. The predicted octanol–water partition coefficient (Wildman–Crippen LogP) is 1.49. The average Bonchev–Trinajstić information content (AvgIpc) is 2.59. The van der Waals surface area contributed by atoms with E-state index < -0.39 is 29.6 Å². The summed E-state index contributed by atoms with van der Waals surface area (Å²) >= 11 is 0. The molecule has 1 aliphatic rings. The molecule has 2 N–H and O–H groups in total. The smallest absolute Gasteiger partial charge is 0.412 e. The molecule has 0 aromatic rings. The van der Waals surface area contributed by atoms with Crippen LogP contribution in [-0.4, -0.2) is 57.9 Å². The van der Waals surface area contributed by atoms with Crippen LogP contribution in [0.3, 0.4) is 0 Å². The second-order valence-corrected chi connectivity index (χ2v) is 6.61. The highest BCUT2D eigenvalue weighted by Crippen LogP contribution is 2.31. The van der Waals surface area contributed by atoms with Gasteiger partial charge in [0.2, 0.25) is 0 Å². The van der Waals surface area contributed by atoms with Crippen LogP contribution in [0.25, 0.3) is 0 Å². The van der Waals surface area contributed by atoms with Crippen molar-refractivity contribution in [2.45, 2.75) is 70.9 Å². The third kappa shape index (κ3) is 4.33. The summed E-state index contributed by atoms with van der Waals surface area (Å²) in [5.74, 6) is 0. The van der Waals surface area contributed by atoms with Gasteiger partial charge in [0.1, 0.15) is 11.3 Å². The van der Waals surface area contributed by atoms with Crippen LogP contribution in [0.2, 0.25) is 0 Å². The topological polar surface area (TPSA) is 79.2 Å². The van der Waals surface area contributed by atoms with E-state index in [2.05, 4.69) is 0 Å². The van der Waals surface area contributed by atoms with Crippen LogP contribution in [-0.2, 0) is 9.47 Å². The van der Waals surface area contributed by atoms with E-state index in [-0.39, 0.29) is 13.2 Å².